The van der Waals surface area contributed by atoms with Crippen molar-refractivity contribution in [2.24, 2.45) is 0 Å². The fourth-order valence-corrected chi connectivity index (χ4v) is 2.71. The molecule has 0 bridgehead atoms. The summed E-state index contributed by atoms with van der Waals surface area (Å²) in [5, 5.41) is 3.01. The van der Waals surface area contributed by atoms with Gasteiger partial charge in [0.15, 0.2) is 5.58 Å². The van der Waals surface area contributed by atoms with Gasteiger partial charge >= 0.3 is 0 Å². The molecule has 0 saturated heterocycles. The summed E-state index contributed by atoms with van der Waals surface area (Å²) in [5.41, 5.74) is 3.56. The number of benzene rings is 1. The zero-order valence-electron chi connectivity index (χ0n) is 13.5. The molecule has 0 fully saturated rings. The lowest BCUT2D eigenvalue weighted by Gasteiger charge is -2.06. The molecule has 4 aromatic rings. The van der Waals surface area contributed by atoms with Crippen molar-refractivity contribution in [2.75, 3.05) is 0 Å². The third-order valence-corrected chi connectivity index (χ3v) is 4.15. The van der Waals surface area contributed by atoms with Crippen molar-refractivity contribution >= 4 is 28.6 Å². The first kappa shape index (κ1) is 16.2. The van der Waals surface area contributed by atoms with Crippen LogP contribution in [-0.4, -0.2) is 20.9 Å². The molecule has 128 valence electrons. The Bertz CT molecular complexity index is 1040. The fraction of sp³-hybridized carbons (Fsp3) is 0.0526. The van der Waals surface area contributed by atoms with Crippen molar-refractivity contribution in [3.8, 4) is 11.5 Å². The van der Waals surface area contributed by atoms with Crippen LogP contribution in [0.4, 0.5) is 0 Å². The van der Waals surface area contributed by atoms with E-state index in [0.717, 1.165) is 11.1 Å². The van der Waals surface area contributed by atoms with Crippen molar-refractivity contribution in [3.63, 3.8) is 0 Å². The van der Waals surface area contributed by atoms with E-state index >= 15 is 0 Å². The van der Waals surface area contributed by atoms with E-state index in [1.807, 2.05) is 24.3 Å². The Morgan fingerprint density at radius 3 is 2.73 bits per heavy atom. The standard InChI is InChI=1S/C19H13ClN4O2/c20-17-14(2-1-8-22-17)18(25)23-10-12-3-5-13(6-4-12)19-24-15-11-21-9-7-16(15)26-19/h1-9,11H,10H2,(H,23,25). The van der Waals surface area contributed by atoms with Crippen LogP contribution in [-0.2, 0) is 6.54 Å². The molecule has 0 spiro atoms. The molecule has 0 radical (unpaired) electrons. The zero-order valence-corrected chi connectivity index (χ0v) is 14.3. The van der Waals surface area contributed by atoms with Gasteiger partial charge in [0.2, 0.25) is 5.89 Å². The van der Waals surface area contributed by atoms with Crippen LogP contribution in [0.1, 0.15) is 15.9 Å². The molecule has 26 heavy (non-hydrogen) atoms. The van der Waals surface area contributed by atoms with Crippen LogP contribution in [0.2, 0.25) is 5.15 Å². The molecule has 1 aromatic carbocycles. The van der Waals surface area contributed by atoms with Crippen LogP contribution in [0, 0.1) is 0 Å². The van der Waals surface area contributed by atoms with E-state index in [1.165, 1.54) is 0 Å². The molecule has 0 aliphatic carbocycles. The SMILES string of the molecule is O=C(NCc1ccc(-c2nc3cnccc3o2)cc1)c1cccnc1Cl. The van der Waals surface area contributed by atoms with Crippen molar-refractivity contribution in [3.05, 3.63) is 77.3 Å². The van der Waals surface area contributed by atoms with Crippen molar-refractivity contribution in [1.82, 2.24) is 20.3 Å². The summed E-state index contributed by atoms with van der Waals surface area (Å²) in [4.78, 5) is 24.5. The van der Waals surface area contributed by atoms with Gasteiger partial charge in [-0.15, -0.1) is 0 Å². The number of hydrogen-bond donors (Lipinski definition) is 1. The van der Waals surface area contributed by atoms with Gasteiger partial charge in [0.1, 0.15) is 10.7 Å². The summed E-state index contributed by atoms with van der Waals surface area (Å²) in [7, 11) is 0. The molecule has 3 heterocycles. The smallest absolute Gasteiger partial charge is 0.254 e. The maximum Gasteiger partial charge on any atom is 0.254 e. The number of carbonyl (C=O) groups is 1. The second-order valence-corrected chi connectivity index (χ2v) is 5.94. The number of oxazole rings is 1. The third kappa shape index (κ3) is 3.27. The van der Waals surface area contributed by atoms with Crippen LogP contribution in [0.25, 0.3) is 22.6 Å². The highest BCUT2D eigenvalue weighted by molar-refractivity contribution is 6.32. The Labute approximate surface area is 153 Å². The number of hydrogen-bond acceptors (Lipinski definition) is 5. The molecular formula is C19H13ClN4O2. The predicted molar refractivity (Wildman–Crippen MR) is 97.7 cm³/mol. The lowest BCUT2D eigenvalue weighted by atomic mass is 10.1. The number of nitrogens with zero attached hydrogens (tertiary/aromatic N) is 3. The fourth-order valence-electron chi connectivity index (χ4n) is 2.50. The number of nitrogens with one attached hydrogen (secondary N) is 1. The van der Waals surface area contributed by atoms with Gasteiger partial charge in [-0.3, -0.25) is 9.78 Å². The zero-order chi connectivity index (χ0) is 17.9. The normalized spacial score (nSPS) is 10.8. The van der Waals surface area contributed by atoms with Gasteiger partial charge in [-0.2, -0.15) is 0 Å². The van der Waals surface area contributed by atoms with E-state index < -0.39 is 0 Å². The summed E-state index contributed by atoms with van der Waals surface area (Å²) >= 11 is 5.93. The van der Waals surface area contributed by atoms with Crippen molar-refractivity contribution in [1.29, 1.82) is 0 Å². The molecule has 0 unspecified atom stereocenters. The first-order chi connectivity index (χ1) is 12.7. The Hall–Kier alpha value is -3.25. The highest BCUT2D eigenvalue weighted by Crippen LogP contribution is 2.23. The number of amides is 1. The Morgan fingerprint density at radius 1 is 1.12 bits per heavy atom. The minimum atomic E-state index is -0.265. The van der Waals surface area contributed by atoms with E-state index in [0.29, 0.717) is 29.1 Å². The van der Waals surface area contributed by atoms with Crippen molar-refractivity contribution < 1.29 is 9.21 Å². The summed E-state index contributed by atoms with van der Waals surface area (Å²) < 4.78 is 5.72. The van der Waals surface area contributed by atoms with Crippen LogP contribution in [0.5, 0.6) is 0 Å². The summed E-state index contributed by atoms with van der Waals surface area (Å²) in [6.07, 6.45) is 4.87. The van der Waals surface area contributed by atoms with E-state index in [9.17, 15) is 4.79 Å². The Balaban J connectivity index is 1.46. The van der Waals surface area contributed by atoms with E-state index in [2.05, 4.69) is 20.3 Å². The Morgan fingerprint density at radius 2 is 1.96 bits per heavy atom. The van der Waals surface area contributed by atoms with Gasteiger partial charge in [-0.05, 0) is 29.8 Å². The monoisotopic (exact) mass is 364 g/mol. The quantitative estimate of drug-likeness (QED) is 0.556. The van der Waals surface area contributed by atoms with Crippen LogP contribution in [0.3, 0.4) is 0 Å². The molecule has 7 heteroatoms. The van der Waals surface area contributed by atoms with Gasteiger partial charge in [0.25, 0.3) is 5.91 Å². The average molecular weight is 365 g/mol. The number of aromatic nitrogens is 3. The molecule has 0 aliphatic rings. The van der Waals surface area contributed by atoms with E-state index in [4.69, 9.17) is 16.0 Å². The van der Waals surface area contributed by atoms with Gasteiger partial charge in [-0.1, -0.05) is 23.7 Å². The second kappa shape index (κ2) is 6.93. The Kier molecular flexibility index (Phi) is 4.33. The summed E-state index contributed by atoms with van der Waals surface area (Å²) in [6, 6.07) is 12.7. The van der Waals surface area contributed by atoms with E-state index in [1.54, 1.807) is 36.8 Å². The number of fused-ring (bicyclic) bond motifs is 1. The average Bonchev–Trinajstić information content (AvgIpc) is 3.11. The van der Waals surface area contributed by atoms with Gasteiger partial charge < -0.3 is 9.73 Å². The number of rotatable bonds is 4. The molecule has 3 aromatic heterocycles. The molecule has 0 atom stereocenters. The van der Waals surface area contributed by atoms with Crippen molar-refractivity contribution in [2.45, 2.75) is 6.54 Å². The van der Waals surface area contributed by atoms with Gasteiger partial charge in [0, 0.05) is 30.6 Å². The van der Waals surface area contributed by atoms with Crippen LogP contribution in [0.15, 0.2) is 65.5 Å². The largest absolute Gasteiger partial charge is 0.436 e. The number of carbonyl (C=O) groups excluding carboxylic acids is 1. The number of halogens is 1. The summed E-state index contributed by atoms with van der Waals surface area (Å²) in [6.45, 7) is 0.377. The molecule has 0 saturated carbocycles. The van der Waals surface area contributed by atoms with Gasteiger partial charge in [0.05, 0.1) is 11.8 Å². The topological polar surface area (TPSA) is 80.9 Å². The maximum absolute atomic E-state index is 12.2. The molecule has 1 amide bonds. The van der Waals surface area contributed by atoms with Crippen LogP contribution >= 0.6 is 11.6 Å². The second-order valence-electron chi connectivity index (χ2n) is 5.58. The minimum Gasteiger partial charge on any atom is -0.436 e. The lowest BCUT2D eigenvalue weighted by Crippen LogP contribution is -2.23. The lowest BCUT2D eigenvalue weighted by molar-refractivity contribution is 0.0950. The highest BCUT2D eigenvalue weighted by Gasteiger charge is 2.11. The molecule has 1 N–H and O–H groups in total. The first-order valence-corrected chi connectivity index (χ1v) is 8.27. The summed E-state index contributed by atoms with van der Waals surface area (Å²) in [5.74, 6) is 0.268. The predicted octanol–water partition coefficient (Wildman–Crippen LogP) is 3.87. The molecule has 6 nitrogen and oxygen atoms in total. The third-order valence-electron chi connectivity index (χ3n) is 3.85. The molecule has 4 rings (SSSR count). The molecule has 0 aliphatic heterocycles. The molecular weight excluding hydrogens is 352 g/mol. The number of pyridine rings is 2. The van der Waals surface area contributed by atoms with E-state index in [-0.39, 0.29) is 11.1 Å². The van der Waals surface area contributed by atoms with Gasteiger partial charge in [-0.25, -0.2) is 9.97 Å². The maximum atomic E-state index is 12.2. The highest BCUT2D eigenvalue weighted by atomic mass is 35.5. The van der Waals surface area contributed by atoms with Crippen LogP contribution < -0.4 is 5.32 Å². The minimum absolute atomic E-state index is 0.186. The first-order valence-electron chi connectivity index (χ1n) is 7.89.